The van der Waals surface area contributed by atoms with Crippen molar-refractivity contribution < 1.29 is 9.59 Å². The number of imide groups is 1. The van der Waals surface area contributed by atoms with E-state index < -0.39 is 0 Å². The Morgan fingerprint density at radius 3 is 2.30 bits per heavy atom. The number of para-hydroxylation sites is 1. The second-order valence-electron chi connectivity index (χ2n) is 16.1. The van der Waals surface area contributed by atoms with Crippen LogP contribution < -0.4 is 10.3 Å². The van der Waals surface area contributed by atoms with Gasteiger partial charge in [0.25, 0.3) is 0 Å². The molecule has 0 bridgehead atoms. The van der Waals surface area contributed by atoms with E-state index in [0.29, 0.717) is 31.0 Å². The maximum absolute atomic E-state index is 12.5. The van der Waals surface area contributed by atoms with Crippen molar-refractivity contribution in [3.05, 3.63) is 131 Å². The lowest BCUT2D eigenvalue weighted by Crippen LogP contribution is -2.48. The molecule has 0 atom stereocenters. The molecule has 2 aromatic heterocycles. The summed E-state index contributed by atoms with van der Waals surface area (Å²) < 4.78 is 2.05. The number of hydrogen-bond acceptors (Lipinski definition) is 11. The highest BCUT2D eigenvalue weighted by Gasteiger charge is 2.44. The van der Waals surface area contributed by atoms with E-state index in [1.165, 1.54) is 23.3 Å². The van der Waals surface area contributed by atoms with Crippen LogP contribution in [0, 0.1) is 12.3 Å². The van der Waals surface area contributed by atoms with Crippen molar-refractivity contribution in [3.8, 4) is 5.69 Å². The Hall–Kier alpha value is -6.05. The Labute approximate surface area is 362 Å². The van der Waals surface area contributed by atoms with Gasteiger partial charge in [0, 0.05) is 80.3 Å². The summed E-state index contributed by atoms with van der Waals surface area (Å²) in [7, 11) is 0. The van der Waals surface area contributed by atoms with Crippen molar-refractivity contribution in [3.63, 3.8) is 0 Å². The minimum atomic E-state index is 0.00676. The quantitative estimate of drug-likeness (QED) is 0.129. The van der Waals surface area contributed by atoms with Crippen LogP contribution in [0.2, 0.25) is 5.02 Å². The second kappa shape index (κ2) is 19.6. The van der Waals surface area contributed by atoms with Crippen LogP contribution in [-0.2, 0) is 16.1 Å². The van der Waals surface area contributed by atoms with Gasteiger partial charge in [-0.15, -0.1) is 10.2 Å². The number of allylic oxidation sites excluding steroid dienone is 1. The Bertz CT molecular complexity index is 2360. The van der Waals surface area contributed by atoms with Gasteiger partial charge in [-0.3, -0.25) is 34.4 Å². The van der Waals surface area contributed by atoms with E-state index in [0.717, 1.165) is 104 Å². The molecule has 13 nitrogen and oxygen atoms in total. The van der Waals surface area contributed by atoms with Gasteiger partial charge in [0.2, 0.25) is 17.8 Å². The van der Waals surface area contributed by atoms with Gasteiger partial charge in [-0.1, -0.05) is 79.0 Å². The number of piperidine rings is 1. The Morgan fingerprint density at radius 1 is 0.803 bits per heavy atom. The molecule has 1 saturated carbocycles. The zero-order valence-corrected chi connectivity index (χ0v) is 35.4. The van der Waals surface area contributed by atoms with Gasteiger partial charge in [-0.25, -0.2) is 9.97 Å². The molecule has 1 N–H and O–H groups in total. The summed E-state index contributed by atoms with van der Waals surface area (Å²) in [6, 6.07) is 25.9. The van der Waals surface area contributed by atoms with Gasteiger partial charge in [-0.2, -0.15) is 5.10 Å². The first-order valence-electron chi connectivity index (χ1n) is 21.3. The number of aromatic nitrogens is 5. The molecular formula is C47H52ClN11O2. The maximum atomic E-state index is 12.5. The highest BCUT2D eigenvalue weighted by Crippen LogP contribution is 2.47. The first kappa shape index (κ1) is 41.7. The lowest BCUT2D eigenvalue weighted by atomic mass is 9.76. The van der Waals surface area contributed by atoms with Gasteiger partial charge in [-0.05, 0) is 86.5 Å². The zero-order valence-electron chi connectivity index (χ0n) is 34.7. The number of nitrogens with one attached hydrogen (secondary N) is 1. The van der Waals surface area contributed by atoms with Crippen LogP contribution in [0.15, 0.2) is 107 Å². The molecule has 1 spiro atoms. The average Bonchev–Trinajstić information content (AvgIpc) is 3.74. The number of likely N-dealkylation sites (tertiary alicyclic amines) is 1. The van der Waals surface area contributed by atoms with E-state index in [-0.39, 0.29) is 17.2 Å². The number of unbranched alkanes of at least 4 members (excludes halogenated alkanes) is 1. The van der Waals surface area contributed by atoms with Gasteiger partial charge in [0.1, 0.15) is 12.4 Å². The van der Waals surface area contributed by atoms with E-state index >= 15 is 0 Å². The van der Waals surface area contributed by atoms with Crippen molar-refractivity contribution in [2.45, 2.75) is 64.8 Å². The van der Waals surface area contributed by atoms with E-state index in [1.807, 2.05) is 90.4 Å². The van der Waals surface area contributed by atoms with Crippen LogP contribution in [-0.4, -0.2) is 97.5 Å². The second-order valence-corrected chi connectivity index (χ2v) is 16.5. The summed E-state index contributed by atoms with van der Waals surface area (Å²) in [4.78, 5) is 44.6. The number of fused-ring (bicyclic) bond motifs is 4. The standard InChI is InChI=1S/C21H31N5O2.C17H13ClN4.C9H8N2/c27-18-16-21(6-1-2-7-21)17-19(28)26(18)11-4-3-10-24-12-14-25(15-13-24)20-22-8-5-9-23-20;1-11-20-21-16-10-19-17(12-5-3-2-4-6-12)14-9-13(18)7-8-15(14)22(11)16;1-2-6-9-8(4-1)5-3-7-10-11-9/h5,8-9H,1-4,6-7,10-17H2;2-9H,10H2,1H3;1-7,11H. The number of halogens is 1. The minimum absolute atomic E-state index is 0.00676. The number of hydrazone groups is 1. The molecule has 1 aliphatic carbocycles. The number of aryl methyl sites for hydroxylation is 1. The summed E-state index contributed by atoms with van der Waals surface area (Å²) in [6.07, 6.45) is 16.8. The molecule has 5 aliphatic rings. The highest BCUT2D eigenvalue weighted by atomic mass is 35.5. The number of anilines is 2. The molecule has 5 aromatic rings. The van der Waals surface area contributed by atoms with Crippen molar-refractivity contribution >= 4 is 53.1 Å². The Morgan fingerprint density at radius 2 is 1.52 bits per heavy atom. The number of rotatable bonds is 7. The number of carbonyl (C=O) groups is 2. The van der Waals surface area contributed by atoms with Crippen molar-refractivity contribution in [2.24, 2.45) is 15.5 Å². The van der Waals surface area contributed by atoms with E-state index in [4.69, 9.17) is 16.6 Å². The number of aliphatic imine (C=N–C) groups is 1. The normalized spacial score (nSPS) is 17.7. The van der Waals surface area contributed by atoms with Crippen LogP contribution in [0.4, 0.5) is 11.6 Å². The number of hydrogen-bond donors (Lipinski definition) is 1. The molecule has 0 unspecified atom stereocenters. The number of amides is 2. The number of nitrogens with zero attached hydrogens (tertiary/aromatic N) is 10. The third-order valence-corrected chi connectivity index (χ3v) is 12.2. The fourth-order valence-corrected chi connectivity index (χ4v) is 9.00. The minimum Gasteiger partial charge on any atom is -0.338 e. The summed E-state index contributed by atoms with van der Waals surface area (Å²) in [5.41, 5.74) is 9.18. The lowest BCUT2D eigenvalue weighted by molar-refractivity contribution is -0.153. The van der Waals surface area contributed by atoms with E-state index in [9.17, 15) is 9.59 Å². The molecule has 3 aromatic carbocycles. The van der Waals surface area contributed by atoms with Gasteiger partial charge < -0.3 is 4.90 Å². The number of benzene rings is 3. The summed E-state index contributed by atoms with van der Waals surface area (Å²) in [5.74, 6) is 2.63. The lowest BCUT2D eigenvalue weighted by Gasteiger charge is -2.37. The van der Waals surface area contributed by atoms with Crippen LogP contribution in [0.1, 0.15) is 79.7 Å². The van der Waals surface area contributed by atoms with Crippen LogP contribution in [0.25, 0.3) is 11.8 Å². The molecular weight excluding hydrogens is 786 g/mol. The predicted octanol–water partition coefficient (Wildman–Crippen LogP) is 7.78. The molecule has 4 aliphatic heterocycles. The molecule has 2 amide bonds. The highest BCUT2D eigenvalue weighted by molar-refractivity contribution is 6.31. The molecule has 314 valence electrons. The third kappa shape index (κ3) is 10.1. The molecule has 14 heteroatoms. The molecule has 0 radical (unpaired) electrons. The number of piperazine rings is 1. The monoisotopic (exact) mass is 837 g/mol. The van der Waals surface area contributed by atoms with Crippen molar-refractivity contribution in [2.75, 3.05) is 49.6 Å². The Balaban J connectivity index is 0.000000138. The SMILES string of the molecule is C1=Cc2ccccc2NN=C1.Cc1nnc2n1-c1ccc(Cl)cc1C(c1ccccc1)=NC2.O=C1CC2(CCCC2)CC(=O)N1CCCCN1CCN(c2ncccn2)CC1. The molecule has 10 rings (SSSR count). The van der Waals surface area contributed by atoms with Crippen LogP contribution >= 0.6 is 11.6 Å². The molecule has 61 heavy (non-hydrogen) atoms. The molecule has 3 fully saturated rings. The van der Waals surface area contributed by atoms with Crippen LogP contribution in [0.3, 0.4) is 0 Å². The topological polar surface area (TPSA) is 137 Å². The smallest absolute Gasteiger partial charge is 0.229 e. The predicted molar refractivity (Wildman–Crippen MR) is 241 cm³/mol. The third-order valence-electron chi connectivity index (χ3n) is 12.0. The fraction of sp³-hybridized carbons (Fsp3) is 0.362. The van der Waals surface area contributed by atoms with Gasteiger partial charge in [0.05, 0.1) is 17.1 Å². The number of carbonyl (C=O) groups excluding carboxylic acids is 2. The van der Waals surface area contributed by atoms with Crippen molar-refractivity contribution in [1.29, 1.82) is 0 Å². The maximum Gasteiger partial charge on any atom is 0.229 e. The zero-order chi connectivity index (χ0) is 42.0. The summed E-state index contributed by atoms with van der Waals surface area (Å²) >= 11 is 6.23. The molecule has 2 saturated heterocycles. The molecule has 6 heterocycles. The van der Waals surface area contributed by atoms with Gasteiger partial charge >= 0.3 is 0 Å². The Kier molecular flexibility index (Phi) is 13.4. The van der Waals surface area contributed by atoms with Crippen molar-refractivity contribution in [1.82, 2.24) is 34.5 Å². The fourth-order valence-electron chi connectivity index (χ4n) is 8.83. The summed E-state index contributed by atoms with van der Waals surface area (Å²) in [6.45, 7) is 7.93. The van der Waals surface area contributed by atoms with E-state index in [2.05, 4.69) is 52.6 Å². The first-order chi connectivity index (χ1) is 29.9. The average molecular weight is 838 g/mol. The van der Waals surface area contributed by atoms with Gasteiger partial charge in [0.15, 0.2) is 5.82 Å². The first-order valence-corrected chi connectivity index (χ1v) is 21.7. The summed E-state index contributed by atoms with van der Waals surface area (Å²) in [5, 5.41) is 13.0. The van der Waals surface area contributed by atoms with E-state index in [1.54, 1.807) is 18.6 Å². The largest absolute Gasteiger partial charge is 0.338 e. The van der Waals surface area contributed by atoms with Crippen LogP contribution in [0.5, 0.6) is 0 Å².